The third-order valence-corrected chi connectivity index (χ3v) is 4.34. The highest BCUT2D eigenvalue weighted by Crippen LogP contribution is 2.26. The van der Waals surface area contributed by atoms with Crippen molar-refractivity contribution in [1.29, 1.82) is 0 Å². The zero-order valence-corrected chi connectivity index (χ0v) is 11.3. The molecule has 0 spiro atoms. The number of rotatable bonds is 2. The normalized spacial score (nSPS) is 10.9. The molecule has 3 rings (SSSR count). The molecule has 2 aromatic heterocycles. The van der Waals surface area contributed by atoms with Crippen molar-refractivity contribution >= 4 is 44.1 Å². The zero-order chi connectivity index (χ0) is 12.7. The molecule has 0 aliphatic rings. The summed E-state index contributed by atoms with van der Waals surface area (Å²) in [4.78, 5) is 26.4. The van der Waals surface area contributed by atoms with Gasteiger partial charge in [0.25, 0.3) is 0 Å². The van der Waals surface area contributed by atoms with Gasteiger partial charge in [0.2, 0.25) is 5.78 Å². The molecule has 0 fully saturated rings. The smallest absolute Gasteiger partial charge is 0.408 e. The molecule has 0 saturated heterocycles. The van der Waals surface area contributed by atoms with Crippen molar-refractivity contribution in [3.8, 4) is 0 Å². The Kier molecular flexibility index (Phi) is 2.68. The van der Waals surface area contributed by atoms with Crippen molar-refractivity contribution in [3.05, 3.63) is 55.1 Å². The maximum Gasteiger partial charge on any atom is 0.417 e. The highest BCUT2D eigenvalue weighted by molar-refractivity contribution is 9.10. The molecule has 0 aliphatic carbocycles. The lowest BCUT2D eigenvalue weighted by Crippen LogP contribution is -1.98. The molecule has 4 nitrogen and oxygen atoms in total. The second-order valence-corrected chi connectivity index (χ2v) is 5.42. The molecule has 0 radical (unpaired) electrons. The van der Waals surface area contributed by atoms with Crippen LogP contribution in [0.4, 0.5) is 0 Å². The predicted molar refractivity (Wildman–Crippen MR) is 72.3 cm³/mol. The van der Waals surface area contributed by atoms with E-state index < -0.39 is 5.76 Å². The maximum atomic E-state index is 12.2. The lowest BCUT2D eigenvalue weighted by molar-refractivity contribution is 0.104. The summed E-state index contributed by atoms with van der Waals surface area (Å²) in [6.07, 6.45) is 0. The van der Waals surface area contributed by atoms with E-state index in [1.807, 2.05) is 11.4 Å². The quantitative estimate of drug-likeness (QED) is 0.737. The second kappa shape index (κ2) is 4.22. The number of oxazole rings is 1. The van der Waals surface area contributed by atoms with Crippen LogP contribution < -0.4 is 5.76 Å². The summed E-state index contributed by atoms with van der Waals surface area (Å²) in [6, 6.07) is 6.73. The Morgan fingerprint density at radius 3 is 2.89 bits per heavy atom. The third-order valence-electron chi connectivity index (χ3n) is 2.51. The van der Waals surface area contributed by atoms with E-state index in [0.29, 0.717) is 21.5 Å². The number of hydrogen-bond donors (Lipinski definition) is 1. The molecule has 1 aromatic carbocycles. The Morgan fingerprint density at radius 2 is 2.17 bits per heavy atom. The van der Waals surface area contributed by atoms with Gasteiger partial charge in [0.1, 0.15) is 0 Å². The first-order valence-electron chi connectivity index (χ1n) is 5.06. The van der Waals surface area contributed by atoms with Crippen LogP contribution in [0.25, 0.3) is 11.1 Å². The summed E-state index contributed by atoms with van der Waals surface area (Å²) < 4.78 is 5.71. The molecule has 6 heteroatoms. The lowest BCUT2D eigenvalue weighted by atomic mass is 10.1. The Bertz CT molecular complexity index is 799. The topological polar surface area (TPSA) is 63.1 Å². The number of carbonyl (C=O) groups excluding carboxylic acids is 1. The number of aromatic nitrogens is 1. The van der Waals surface area contributed by atoms with Crippen molar-refractivity contribution in [2.24, 2.45) is 0 Å². The van der Waals surface area contributed by atoms with Crippen LogP contribution in [0.2, 0.25) is 0 Å². The van der Waals surface area contributed by atoms with Crippen molar-refractivity contribution in [2.75, 3.05) is 0 Å². The van der Waals surface area contributed by atoms with Gasteiger partial charge in [-0.1, -0.05) is 0 Å². The molecule has 0 aliphatic heterocycles. The number of carbonyl (C=O) groups is 1. The highest BCUT2D eigenvalue weighted by Gasteiger charge is 2.15. The molecule has 18 heavy (non-hydrogen) atoms. The number of halogens is 1. The van der Waals surface area contributed by atoms with E-state index >= 15 is 0 Å². The molecule has 90 valence electrons. The monoisotopic (exact) mass is 323 g/mol. The molecule has 0 unspecified atom stereocenters. The number of hydrogen-bond acceptors (Lipinski definition) is 4. The number of benzene rings is 1. The number of H-pyrrole nitrogens is 1. The molecular formula is C12H6BrNO3S. The van der Waals surface area contributed by atoms with Gasteiger partial charge in [-0.05, 0) is 45.6 Å². The molecule has 0 saturated carbocycles. The predicted octanol–water partition coefficient (Wildman–Crippen LogP) is 3.18. The Morgan fingerprint density at radius 1 is 1.33 bits per heavy atom. The Balaban J connectivity index is 2.12. The fourth-order valence-electron chi connectivity index (χ4n) is 1.67. The summed E-state index contributed by atoms with van der Waals surface area (Å²) in [7, 11) is 0. The lowest BCUT2D eigenvalue weighted by Gasteiger charge is -1.98. The average Bonchev–Trinajstić information content (AvgIpc) is 2.91. The number of fused-ring (bicyclic) bond motifs is 1. The molecule has 1 N–H and O–H groups in total. The van der Waals surface area contributed by atoms with Crippen molar-refractivity contribution in [3.63, 3.8) is 0 Å². The molecular weight excluding hydrogens is 318 g/mol. The van der Waals surface area contributed by atoms with Gasteiger partial charge in [-0.2, -0.15) is 0 Å². The summed E-state index contributed by atoms with van der Waals surface area (Å²) in [5.41, 5.74) is 1.47. The van der Waals surface area contributed by atoms with E-state index in [0.717, 1.165) is 4.47 Å². The SMILES string of the molecule is O=C(c1ccc2[nH]c(=O)oc2c1)c1sccc1Br. The van der Waals surface area contributed by atoms with Gasteiger partial charge in [0.05, 0.1) is 10.4 Å². The van der Waals surface area contributed by atoms with E-state index in [9.17, 15) is 9.59 Å². The fraction of sp³-hybridized carbons (Fsp3) is 0. The van der Waals surface area contributed by atoms with Crippen LogP contribution in [0, 0.1) is 0 Å². The average molecular weight is 324 g/mol. The zero-order valence-electron chi connectivity index (χ0n) is 8.90. The van der Waals surface area contributed by atoms with Crippen LogP contribution in [0.1, 0.15) is 15.2 Å². The van der Waals surface area contributed by atoms with Gasteiger partial charge in [-0.15, -0.1) is 11.3 Å². The van der Waals surface area contributed by atoms with Crippen LogP contribution in [0.5, 0.6) is 0 Å². The Hall–Kier alpha value is -1.66. The van der Waals surface area contributed by atoms with Gasteiger partial charge in [-0.25, -0.2) is 4.79 Å². The summed E-state index contributed by atoms with van der Waals surface area (Å²) in [5, 5.41) is 1.84. The first-order valence-corrected chi connectivity index (χ1v) is 6.73. The minimum atomic E-state index is -0.521. The van der Waals surface area contributed by atoms with E-state index in [4.69, 9.17) is 4.42 Å². The number of thiophene rings is 1. The van der Waals surface area contributed by atoms with Crippen molar-refractivity contribution in [2.45, 2.75) is 0 Å². The van der Waals surface area contributed by atoms with Crippen LogP contribution in [-0.2, 0) is 0 Å². The van der Waals surface area contributed by atoms with Gasteiger partial charge < -0.3 is 4.42 Å². The highest BCUT2D eigenvalue weighted by atomic mass is 79.9. The van der Waals surface area contributed by atoms with Gasteiger partial charge in [0, 0.05) is 10.0 Å². The first kappa shape index (κ1) is 11.4. The van der Waals surface area contributed by atoms with E-state index in [1.165, 1.54) is 11.3 Å². The van der Waals surface area contributed by atoms with E-state index in [1.54, 1.807) is 18.2 Å². The molecule has 0 atom stereocenters. The van der Waals surface area contributed by atoms with E-state index in [-0.39, 0.29) is 5.78 Å². The minimum Gasteiger partial charge on any atom is -0.408 e. The first-order chi connectivity index (χ1) is 8.65. The Labute approximate surface area is 113 Å². The maximum absolute atomic E-state index is 12.2. The van der Waals surface area contributed by atoms with Gasteiger partial charge in [0.15, 0.2) is 5.58 Å². The molecule has 0 amide bonds. The van der Waals surface area contributed by atoms with Crippen LogP contribution in [0.15, 0.2) is 43.3 Å². The van der Waals surface area contributed by atoms with Crippen LogP contribution >= 0.6 is 27.3 Å². The number of ketones is 1. The standard InChI is InChI=1S/C12H6BrNO3S/c13-7-3-4-18-11(7)10(15)6-1-2-8-9(5-6)17-12(16)14-8/h1-5H,(H,14,16). The minimum absolute atomic E-state index is 0.0948. The summed E-state index contributed by atoms with van der Waals surface area (Å²) in [5.74, 6) is -0.616. The van der Waals surface area contributed by atoms with Gasteiger partial charge in [-0.3, -0.25) is 9.78 Å². The third kappa shape index (κ3) is 1.83. The molecule has 2 heterocycles. The van der Waals surface area contributed by atoms with Crippen molar-refractivity contribution < 1.29 is 9.21 Å². The van der Waals surface area contributed by atoms with Crippen LogP contribution in [-0.4, -0.2) is 10.8 Å². The van der Waals surface area contributed by atoms with Crippen LogP contribution in [0.3, 0.4) is 0 Å². The summed E-state index contributed by atoms with van der Waals surface area (Å²) >= 11 is 4.69. The molecule has 0 bridgehead atoms. The molecule has 3 aromatic rings. The fourth-order valence-corrected chi connectivity index (χ4v) is 3.19. The number of nitrogens with one attached hydrogen (secondary N) is 1. The largest absolute Gasteiger partial charge is 0.417 e. The number of aromatic amines is 1. The van der Waals surface area contributed by atoms with Gasteiger partial charge >= 0.3 is 5.76 Å². The van der Waals surface area contributed by atoms with E-state index in [2.05, 4.69) is 20.9 Å². The summed E-state index contributed by atoms with van der Waals surface area (Å²) in [6.45, 7) is 0. The van der Waals surface area contributed by atoms with Crippen molar-refractivity contribution in [1.82, 2.24) is 4.98 Å². The second-order valence-electron chi connectivity index (χ2n) is 3.65.